The normalized spacial score (nSPS) is 16.8. The van der Waals surface area contributed by atoms with Crippen molar-refractivity contribution in [1.29, 1.82) is 0 Å². The van der Waals surface area contributed by atoms with Gasteiger partial charge in [-0.2, -0.15) is 0 Å². The zero-order valence-electron chi connectivity index (χ0n) is 14.7. The molecule has 1 heterocycles. The highest BCUT2D eigenvalue weighted by Gasteiger charge is 2.44. The fraction of sp³-hybridized carbons (Fsp3) is 0.200. The Morgan fingerprint density at radius 3 is 2.35 bits per heavy atom. The number of Topliss-reactive ketones (excluding diaryl/α,β-unsaturated/α-hetero) is 1. The van der Waals surface area contributed by atoms with Gasteiger partial charge in [0.2, 0.25) is 0 Å². The number of aliphatic hydroxyl groups is 1. The van der Waals surface area contributed by atoms with E-state index in [1.165, 1.54) is 26.0 Å². The van der Waals surface area contributed by atoms with Crippen LogP contribution in [0.1, 0.15) is 18.5 Å². The summed E-state index contributed by atoms with van der Waals surface area (Å²) in [6.07, 6.45) is 0. The Balaban J connectivity index is 2.22. The summed E-state index contributed by atoms with van der Waals surface area (Å²) in [5.41, 5.74) is 1.20. The zero-order chi connectivity index (χ0) is 18.8. The number of carbonyl (C=O) groups is 2. The molecular formula is C20H19NO5. The van der Waals surface area contributed by atoms with Crippen molar-refractivity contribution in [3.8, 4) is 11.5 Å². The lowest BCUT2D eigenvalue weighted by molar-refractivity contribution is -0.117. The molecule has 0 spiro atoms. The first-order chi connectivity index (χ1) is 12.5. The van der Waals surface area contributed by atoms with E-state index in [1.54, 1.807) is 42.5 Å². The van der Waals surface area contributed by atoms with Crippen LogP contribution in [-0.4, -0.2) is 31.0 Å². The van der Waals surface area contributed by atoms with Gasteiger partial charge in [0.25, 0.3) is 5.91 Å². The van der Waals surface area contributed by atoms with E-state index in [1.807, 2.05) is 6.07 Å². The maximum atomic E-state index is 12.7. The van der Waals surface area contributed by atoms with Crippen molar-refractivity contribution < 1.29 is 24.2 Å². The quantitative estimate of drug-likeness (QED) is 0.893. The van der Waals surface area contributed by atoms with E-state index in [2.05, 4.69) is 0 Å². The summed E-state index contributed by atoms with van der Waals surface area (Å²) in [5, 5.41) is 10.4. The third kappa shape index (κ3) is 2.79. The summed E-state index contributed by atoms with van der Waals surface area (Å²) in [4.78, 5) is 26.3. The molecule has 134 valence electrons. The van der Waals surface area contributed by atoms with Crippen LogP contribution in [-0.2, 0) is 9.59 Å². The third-order valence-corrected chi connectivity index (χ3v) is 4.36. The fourth-order valence-corrected chi connectivity index (χ4v) is 3.16. The summed E-state index contributed by atoms with van der Waals surface area (Å²) < 4.78 is 10.7. The van der Waals surface area contributed by atoms with E-state index in [9.17, 15) is 14.7 Å². The Labute approximate surface area is 151 Å². The minimum Gasteiger partial charge on any atom is -0.503 e. The van der Waals surface area contributed by atoms with Crippen molar-refractivity contribution in [2.24, 2.45) is 0 Å². The molecule has 0 saturated carbocycles. The third-order valence-electron chi connectivity index (χ3n) is 4.36. The average molecular weight is 353 g/mol. The van der Waals surface area contributed by atoms with Crippen LogP contribution in [0.25, 0.3) is 0 Å². The van der Waals surface area contributed by atoms with Crippen LogP contribution in [0.4, 0.5) is 5.69 Å². The van der Waals surface area contributed by atoms with Gasteiger partial charge in [-0.15, -0.1) is 0 Å². The summed E-state index contributed by atoms with van der Waals surface area (Å²) in [6.45, 7) is 1.33. The van der Waals surface area contributed by atoms with Crippen LogP contribution in [0.3, 0.4) is 0 Å². The molecule has 26 heavy (non-hydrogen) atoms. The number of nitrogens with zero attached hydrogens (tertiary/aromatic N) is 1. The topological polar surface area (TPSA) is 76.1 Å². The Kier molecular flexibility index (Phi) is 4.67. The Bertz CT molecular complexity index is 888. The van der Waals surface area contributed by atoms with Crippen molar-refractivity contribution in [1.82, 2.24) is 0 Å². The van der Waals surface area contributed by atoms with Gasteiger partial charge >= 0.3 is 0 Å². The highest BCUT2D eigenvalue weighted by Crippen LogP contribution is 2.44. The molecule has 2 aromatic carbocycles. The zero-order valence-corrected chi connectivity index (χ0v) is 14.7. The Morgan fingerprint density at radius 2 is 1.77 bits per heavy atom. The first-order valence-corrected chi connectivity index (χ1v) is 8.04. The smallest absolute Gasteiger partial charge is 0.294 e. The number of rotatable bonds is 5. The number of para-hydroxylation sites is 1. The van der Waals surface area contributed by atoms with E-state index >= 15 is 0 Å². The van der Waals surface area contributed by atoms with Crippen LogP contribution < -0.4 is 14.4 Å². The van der Waals surface area contributed by atoms with Crippen molar-refractivity contribution in [2.75, 3.05) is 19.1 Å². The van der Waals surface area contributed by atoms with Gasteiger partial charge in [0.05, 0.1) is 25.8 Å². The molecule has 0 aromatic heterocycles. The molecule has 0 bridgehead atoms. The second kappa shape index (κ2) is 6.92. The number of carbonyl (C=O) groups excluding carboxylic acids is 2. The van der Waals surface area contributed by atoms with Gasteiger partial charge in [0.15, 0.2) is 11.5 Å². The predicted molar refractivity (Wildman–Crippen MR) is 96.6 cm³/mol. The fourth-order valence-electron chi connectivity index (χ4n) is 3.16. The number of ketones is 1. The molecule has 0 unspecified atom stereocenters. The van der Waals surface area contributed by atoms with E-state index in [0.717, 1.165) is 0 Å². The highest BCUT2D eigenvalue weighted by molar-refractivity contribution is 6.16. The van der Waals surface area contributed by atoms with Gasteiger partial charge in [-0.3, -0.25) is 14.5 Å². The van der Waals surface area contributed by atoms with Crippen LogP contribution in [0.5, 0.6) is 11.5 Å². The van der Waals surface area contributed by atoms with Crippen molar-refractivity contribution in [3.05, 3.63) is 65.4 Å². The molecule has 3 rings (SSSR count). The molecule has 2 aromatic rings. The van der Waals surface area contributed by atoms with E-state index in [0.29, 0.717) is 22.7 Å². The molecule has 6 nitrogen and oxygen atoms in total. The van der Waals surface area contributed by atoms with Gasteiger partial charge in [-0.1, -0.05) is 18.2 Å². The second-order valence-corrected chi connectivity index (χ2v) is 5.84. The maximum Gasteiger partial charge on any atom is 0.294 e. The number of anilines is 1. The summed E-state index contributed by atoms with van der Waals surface area (Å²) in [6, 6.07) is 13.2. The molecule has 6 heteroatoms. The van der Waals surface area contributed by atoms with Gasteiger partial charge in [0.1, 0.15) is 11.5 Å². The number of methoxy groups -OCH3 is 2. The van der Waals surface area contributed by atoms with E-state index in [4.69, 9.17) is 9.47 Å². The van der Waals surface area contributed by atoms with Gasteiger partial charge in [-0.05, 0) is 31.2 Å². The minimum absolute atomic E-state index is 0.0438. The van der Waals surface area contributed by atoms with Gasteiger partial charge in [-0.25, -0.2) is 0 Å². The first-order valence-electron chi connectivity index (χ1n) is 8.04. The van der Waals surface area contributed by atoms with E-state index in [-0.39, 0.29) is 11.4 Å². The van der Waals surface area contributed by atoms with E-state index < -0.39 is 17.7 Å². The molecular weight excluding hydrogens is 334 g/mol. The monoisotopic (exact) mass is 353 g/mol. The molecule has 0 fully saturated rings. The van der Waals surface area contributed by atoms with Gasteiger partial charge < -0.3 is 14.6 Å². The van der Waals surface area contributed by atoms with Crippen LogP contribution in [0.15, 0.2) is 59.9 Å². The van der Waals surface area contributed by atoms with Crippen molar-refractivity contribution >= 4 is 17.4 Å². The van der Waals surface area contributed by atoms with Crippen LogP contribution in [0.2, 0.25) is 0 Å². The van der Waals surface area contributed by atoms with Crippen LogP contribution >= 0.6 is 0 Å². The summed E-state index contributed by atoms with van der Waals surface area (Å²) in [7, 11) is 3.04. The number of benzene rings is 2. The number of amides is 1. The summed E-state index contributed by atoms with van der Waals surface area (Å²) >= 11 is 0. The standard InChI is InChI=1S/C20H19NO5/c1-12(22)17-18(15-10-9-14(25-2)11-16(15)26-3)21(20(24)19(17)23)13-7-5-4-6-8-13/h4-11,18,23H,1-3H3/t18-/m1/s1. The molecule has 0 radical (unpaired) electrons. The minimum atomic E-state index is -0.789. The summed E-state index contributed by atoms with van der Waals surface area (Å²) in [5.74, 6) is -0.499. The lowest BCUT2D eigenvalue weighted by Crippen LogP contribution is -2.31. The molecule has 1 atom stereocenters. The number of hydrogen-bond donors (Lipinski definition) is 1. The first kappa shape index (κ1) is 17.5. The molecule has 1 amide bonds. The SMILES string of the molecule is COc1ccc([C@@H]2C(C(C)=O)=C(O)C(=O)N2c2ccccc2)c(OC)c1. The molecule has 0 saturated heterocycles. The highest BCUT2D eigenvalue weighted by atomic mass is 16.5. The van der Waals surface area contributed by atoms with Crippen molar-refractivity contribution in [2.45, 2.75) is 13.0 Å². The second-order valence-electron chi connectivity index (χ2n) is 5.84. The Hall–Kier alpha value is -3.28. The molecule has 0 aliphatic carbocycles. The Morgan fingerprint density at radius 1 is 1.08 bits per heavy atom. The van der Waals surface area contributed by atoms with Crippen molar-refractivity contribution in [3.63, 3.8) is 0 Å². The largest absolute Gasteiger partial charge is 0.503 e. The van der Waals surface area contributed by atoms with Crippen LogP contribution in [0, 0.1) is 0 Å². The van der Waals surface area contributed by atoms with Gasteiger partial charge in [0, 0.05) is 17.3 Å². The number of aliphatic hydroxyl groups excluding tert-OH is 1. The molecule has 1 N–H and O–H groups in total. The predicted octanol–water partition coefficient (Wildman–Crippen LogP) is 3.19. The number of hydrogen-bond acceptors (Lipinski definition) is 5. The maximum absolute atomic E-state index is 12.7. The number of ether oxygens (including phenoxy) is 2. The lowest BCUT2D eigenvalue weighted by atomic mass is 9.95. The average Bonchev–Trinajstić information content (AvgIpc) is 2.93. The molecule has 1 aliphatic rings. The lowest BCUT2D eigenvalue weighted by Gasteiger charge is -2.28. The molecule has 1 aliphatic heterocycles.